The predicted molar refractivity (Wildman–Crippen MR) is 98.5 cm³/mol. The Morgan fingerprint density at radius 2 is 2.12 bits per heavy atom. The van der Waals surface area contributed by atoms with E-state index >= 15 is 0 Å². The molecule has 0 amide bonds. The highest BCUT2D eigenvalue weighted by atomic mass is 35.5. The van der Waals surface area contributed by atoms with Gasteiger partial charge >= 0.3 is 0 Å². The van der Waals surface area contributed by atoms with Gasteiger partial charge in [-0.3, -0.25) is 4.90 Å². The third-order valence-corrected chi connectivity index (χ3v) is 4.92. The number of aromatic nitrogens is 4. The lowest BCUT2D eigenvalue weighted by atomic mass is 10.0. The molecule has 1 aliphatic heterocycles. The van der Waals surface area contributed by atoms with Crippen molar-refractivity contribution in [1.82, 2.24) is 24.6 Å². The van der Waals surface area contributed by atoms with Crippen molar-refractivity contribution in [3.05, 3.63) is 52.9 Å². The van der Waals surface area contributed by atoms with E-state index in [1.807, 2.05) is 22.9 Å². The minimum atomic E-state index is 0.373. The van der Waals surface area contributed by atoms with Gasteiger partial charge in [0.05, 0.1) is 12.2 Å². The van der Waals surface area contributed by atoms with Crippen molar-refractivity contribution < 1.29 is 0 Å². The van der Waals surface area contributed by atoms with Crippen LogP contribution in [0, 0.1) is 0 Å². The molecule has 130 valence electrons. The Kier molecular flexibility index (Phi) is 4.65. The molecule has 2 aromatic heterocycles. The van der Waals surface area contributed by atoms with E-state index in [-0.39, 0.29) is 0 Å². The first-order chi connectivity index (χ1) is 12.2. The smallest absolute Gasteiger partial charge is 0.177 e. The van der Waals surface area contributed by atoms with Gasteiger partial charge in [0.2, 0.25) is 0 Å². The van der Waals surface area contributed by atoms with Crippen molar-refractivity contribution >= 4 is 22.8 Å². The molecule has 1 aromatic carbocycles. The minimum absolute atomic E-state index is 0.373. The normalized spacial score (nSPS) is 18.2. The maximum atomic E-state index is 6.10. The van der Waals surface area contributed by atoms with Crippen molar-refractivity contribution in [3.8, 4) is 0 Å². The summed E-state index contributed by atoms with van der Waals surface area (Å²) in [6.45, 7) is 4.12. The average Bonchev–Trinajstić information content (AvgIpc) is 3.20. The molecule has 1 aliphatic rings. The Morgan fingerprint density at radius 3 is 2.96 bits per heavy atom. The van der Waals surface area contributed by atoms with Gasteiger partial charge in [-0.25, -0.2) is 14.6 Å². The van der Waals surface area contributed by atoms with Gasteiger partial charge in [0.25, 0.3) is 0 Å². The fraction of sp³-hybridized carbons (Fsp3) is 0.389. The number of benzene rings is 1. The van der Waals surface area contributed by atoms with Crippen LogP contribution in [0.25, 0.3) is 11.2 Å². The summed E-state index contributed by atoms with van der Waals surface area (Å²) in [7, 11) is 0. The Balaban J connectivity index is 1.54. The first-order valence-electron chi connectivity index (χ1n) is 8.59. The zero-order valence-electron chi connectivity index (χ0n) is 14.0. The zero-order valence-corrected chi connectivity index (χ0v) is 14.7. The molecule has 0 unspecified atom stereocenters. The van der Waals surface area contributed by atoms with Gasteiger partial charge in [0, 0.05) is 43.0 Å². The summed E-state index contributed by atoms with van der Waals surface area (Å²) in [4.78, 5) is 11.4. The van der Waals surface area contributed by atoms with E-state index in [1.165, 1.54) is 5.56 Å². The van der Waals surface area contributed by atoms with Crippen LogP contribution in [-0.2, 0) is 13.1 Å². The van der Waals surface area contributed by atoms with Crippen LogP contribution in [0.2, 0.25) is 5.02 Å². The number of nitrogens with zero attached hydrogens (tertiary/aromatic N) is 5. The molecular weight excluding hydrogens is 336 g/mol. The molecule has 0 bridgehead atoms. The van der Waals surface area contributed by atoms with E-state index in [2.05, 4.69) is 20.9 Å². The third kappa shape index (κ3) is 3.38. The molecule has 7 heteroatoms. The molecule has 1 atom stereocenters. The van der Waals surface area contributed by atoms with Crippen LogP contribution in [0.3, 0.4) is 0 Å². The lowest BCUT2D eigenvalue weighted by Crippen LogP contribution is -2.20. The van der Waals surface area contributed by atoms with Crippen LogP contribution in [0.1, 0.15) is 23.6 Å². The molecule has 6 nitrogen and oxygen atoms in total. The number of hydrogen-bond acceptors (Lipinski definition) is 5. The van der Waals surface area contributed by atoms with Gasteiger partial charge in [-0.1, -0.05) is 23.7 Å². The Morgan fingerprint density at radius 1 is 1.24 bits per heavy atom. The maximum Gasteiger partial charge on any atom is 0.177 e. The van der Waals surface area contributed by atoms with Crippen molar-refractivity contribution in [2.24, 2.45) is 5.73 Å². The fourth-order valence-electron chi connectivity index (χ4n) is 3.57. The van der Waals surface area contributed by atoms with E-state index in [9.17, 15) is 0 Å². The SMILES string of the molecule is NCCn1nc([C@H]2CCN(Cc3cccc(Cl)c3)C2)c2nccnc21. The number of rotatable bonds is 5. The van der Waals surface area contributed by atoms with Crippen LogP contribution in [0.4, 0.5) is 0 Å². The van der Waals surface area contributed by atoms with Gasteiger partial charge in [-0.05, 0) is 30.7 Å². The molecule has 0 aliphatic carbocycles. The second-order valence-corrected chi connectivity index (χ2v) is 6.91. The fourth-order valence-corrected chi connectivity index (χ4v) is 3.78. The van der Waals surface area contributed by atoms with Gasteiger partial charge in [0.1, 0.15) is 5.52 Å². The molecule has 0 radical (unpaired) electrons. The molecule has 0 saturated carbocycles. The first kappa shape index (κ1) is 16.4. The quantitative estimate of drug-likeness (QED) is 0.760. The van der Waals surface area contributed by atoms with E-state index in [0.717, 1.165) is 47.9 Å². The van der Waals surface area contributed by atoms with E-state index in [1.54, 1.807) is 12.4 Å². The van der Waals surface area contributed by atoms with Gasteiger partial charge < -0.3 is 5.73 Å². The summed E-state index contributed by atoms with van der Waals surface area (Å²) in [6, 6.07) is 8.07. The van der Waals surface area contributed by atoms with Crippen molar-refractivity contribution in [2.75, 3.05) is 19.6 Å². The van der Waals surface area contributed by atoms with Crippen LogP contribution < -0.4 is 5.73 Å². The number of nitrogens with two attached hydrogens (primary N) is 1. The average molecular weight is 357 g/mol. The van der Waals surface area contributed by atoms with Gasteiger partial charge in [-0.15, -0.1) is 0 Å². The van der Waals surface area contributed by atoms with Crippen LogP contribution in [-0.4, -0.2) is 44.3 Å². The molecule has 1 saturated heterocycles. The predicted octanol–water partition coefficient (Wildman–Crippen LogP) is 2.43. The largest absolute Gasteiger partial charge is 0.329 e. The summed E-state index contributed by atoms with van der Waals surface area (Å²) in [5.41, 5.74) is 9.73. The van der Waals surface area contributed by atoms with Gasteiger partial charge in [-0.2, -0.15) is 5.10 Å². The monoisotopic (exact) mass is 356 g/mol. The number of hydrogen-bond donors (Lipinski definition) is 1. The number of likely N-dealkylation sites (tertiary alicyclic amines) is 1. The highest BCUT2D eigenvalue weighted by Crippen LogP contribution is 2.31. The molecule has 3 aromatic rings. The molecular formula is C18H21ClN6. The van der Waals surface area contributed by atoms with Crippen molar-refractivity contribution in [2.45, 2.75) is 25.4 Å². The standard InChI is InChI=1S/C18H21ClN6/c19-15-3-1-2-13(10-15)11-24-8-4-14(12-24)16-17-18(22-7-6-21-17)25(23-16)9-5-20/h1-3,6-7,10,14H,4-5,8-9,11-12,20H2/t14-/m0/s1. The Hall–Kier alpha value is -2.02. The highest BCUT2D eigenvalue weighted by Gasteiger charge is 2.29. The topological polar surface area (TPSA) is 72.9 Å². The zero-order chi connectivity index (χ0) is 17.2. The summed E-state index contributed by atoms with van der Waals surface area (Å²) < 4.78 is 1.89. The molecule has 0 spiro atoms. The first-order valence-corrected chi connectivity index (χ1v) is 8.96. The lowest BCUT2D eigenvalue weighted by Gasteiger charge is -2.15. The number of halogens is 1. The highest BCUT2D eigenvalue weighted by molar-refractivity contribution is 6.30. The second-order valence-electron chi connectivity index (χ2n) is 6.48. The number of fused-ring (bicyclic) bond motifs is 1. The minimum Gasteiger partial charge on any atom is -0.329 e. The third-order valence-electron chi connectivity index (χ3n) is 4.69. The molecule has 3 heterocycles. The molecule has 25 heavy (non-hydrogen) atoms. The van der Waals surface area contributed by atoms with Crippen LogP contribution in [0.15, 0.2) is 36.7 Å². The molecule has 4 rings (SSSR count). The van der Waals surface area contributed by atoms with Crippen molar-refractivity contribution in [1.29, 1.82) is 0 Å². The summed E-state index contributed by atoms with van der Waals surface area (Å²) in [6.07, 6.45) is 4.52. The maximum absolute atomic E-state index is 6.10. The summed E-state index contributed by atoms with van der Waals surface area (Å²) in [5.74, 6) is 0.373. The van der Waals surface area contributed by atoms with E-state index in [4.69, 9.17) is 22.4 Å². The Labute approximate surface area is 151 Å². The molecule has 2 N–H and O–H groups in total. The van der Waals surface area contributed by atoms with E-state index < -0.39 is 0 Å². The van der Waals surface area contributed by atoms with Crippen LogP contribution in [0.5, 0.6) is 0 Å². The lowest BCUT2D eigenvalue weighted by molar-refractivity contribution is 0.326. The van der Waals surface area contributed by atoms with Gasteiger partial charge in [0.15, 0.2) is 5.65 Å². The Bertz CT molecular complexity index is 877. The summed E-state index contributed by atoms with van der Waals surface area (Å²) in [5, 5.41) is 5.57. The second kappa shape index (κ2) is 7.07. The van der Waals surface area contributed by atoms with Crippen molar-refractivity contribution in [3.63, 3.8) is 0 Å². The van der Waals surface area contributed by atoms with Crippen LogP contribution >= 0.6 is 11.6 Å². The molecule has 1 fully saturated rings. The summed E-state index contributed by atoms with van der Waals surface area (Å²) >= 11 is 6.10. The van der Waals surface area contributed by atoms with E-state index in [0.29, 0.717) is 19.0 Å².